The first kappa shape index (κ1) is 12.8. The number of hydrogen-bond acceptors (Lipinski definition) is 6. The summed E-state index contributed by atoms with van der Waals surface area (Å²) >= 11 is 2.89. The minimum atomic E-state index is -0.178. The second-order valence-electron chi connectivity index (χ2n) is 3.83. The van der Waals surface area contributed by atoms with Crippen LogP contribution in [0.25, 0.3) is 0 Å². The molecule has 0 bridgehead atoms. The highest BCUT2D eigenvalue weighted by atomic mass is 32.1. The third-order valence-corrected chi connectivity index (χ3v) is 3.84. The van der Waals surface area contributed by atoms with E-state index >= 15 is 0 Å². The molecule has 0 unspecified atom stereocenters. The number of thiazole rings is 2. The second-order valence-corrected chi connectivity index (χ2v) is 5.62. The zero-order valence-electron chi connectivity index (χ0n) is 10.2. The molecule has 1 aromatic carbocycles. The molecular weight excluding hydrogens is 292 g/mol. The van der Waals surface area contributed by atoms with Crippen molar-refractivity contribution in [2.24, 2.45) is 0 Å². The summed E-state index contributed by atoms with van der Waals surface area (Å²) in [7, 11) is 0. The molecule has 100 valence electrons. The van der Waals surface area contributed by atoms with Crippen LogP contribution in [0.4, 0.5) is 16.0 Å². The van der Waals surface area contributed by atoms with E-state index in [1.54, 1.807) is 24.5 Å². The predicted molar refractivity (Wildman–Crippen MR) is 81.9 cm³/mol. The third kappa shape index (κ3) is 3.01. The summed E-state index contributed by atoms with van der Waals surface area (Å²) in [5.41, 5.74) is 1.40. The fraction of sp³-hybridized carbons (Fsp3) is 0. The summed E-state index contributed by atoms with van der Waals surface area (Å²) in [6, 6.07) is 7.26. The number of aromatic nitrogens is 2. The van der Waals surface area contributed by atoms with Crippen LogP contribution in [0.2, 0.25) is 0 Å². The smallest absolute Gasteiger partial charge is 0.257 e. The normalized spacial score (nSPS) is 10.2. The van der Waals surface area contributed by atoms with E-state index in [9.17, 15) is 4.79 Å². The van der Waals surface area contributed by atoms with Crippen molar-refractivity contribution in [3.05, 3.63) is 53.0 Å². The second kappa shape index (κ2) is 5.81. The first-order chi connectivity index (χ1) is 9.81. The van der Waals surface area contributed by atoms with Crippen molar-refractivity contribution >= 4 is 44.5 Å². The number of carbonyl (C=O) groups is 1. The summed E-state index contributed by atoms with van der Waals surface area (Å²) in [4.78, 5) is 20.3. The van der Waals surface area contributed by atoms with E-state index in [0.29, 0.717) is 10.7 Å². The van der Waals surface area contributed by atoms with Gasteiger partial charge in [0.2, 0.25) is 0 Å². The zero-order valence-corrected chi connectivity index (χ0v) is 11.9. The molecule has 0 aliphatic carbocycles. The van der Waals surface area contributed by atoms with Gasteiger partial charge in [0.05, 0.1) is 0 Å². The number of carbonyl (C=O) groups excluding carboxylic acids is 1. The summed E-state index contributed by atoms with van der Waals surface area (Å²) in [5, 5.41) is 11.0. The van der Waals surface area contributed by atoms with Gasteiger partial charge in [-0.1, -0.05) is 6.07 Å². The maximum absolute atomic E-state index is 12.1. The molecule has 2 aromatic heterocycles. The molecule has 0 radical (unpaired) electrons. The van der Waals surface area contributed by atoms with Gasteiger partial charge in [0.15, 0.2) is 10.3 Å². The van der Waals surface area contributed by atoms with Crippen LogP contribution in [0.15, 0.2) is 47.4 Å². The molecule has 20 heavy (non-hydrogen) atoms. The van der Waals surface area contributed by atoms with Gasteiger partial charge in [-0.15, -0.1) is 22.7 Å². The molecule has 0 aliphatic rings. The monoisotopic (exact) mass is 302 g/mol. The van der Waals surface area contributed by atoms with Gasteiger partial charge in [-0.05, 0) is 18.2 Å². The first-order valence-corrected chi connectivity index (χ1v) is 7.54. The topological polar surface area (TPSA) is 66.9 Å². The minimum absolute atomic E-state index is 0.178. The Balaban J connectivity index is 1.75. The van der Waals surface area contributed by atoms with Crippen molar-refractivity contribution in [1.29, 1.82) is 0 Å². The Morgan fingerprint density at radius 2 is 1.80 bits per heavy atom. The lowest BCUT2D eigenvalue weighted by molar-refractivity contribution is 0.102. The van der Waals surface area contributed by atoms with Crippen LogP contribution in [-0.4, -0.2) is 15.9 Å². The van der Waals surface area contributed by atoms with Gasteiger partial charge in [-0.3, -0.25) is 10.1 Å². The molecule has 1 amide bonds. The molecular formula is C13H10N4OS2. The average Bonchev–Trinajstić information content (AvgIpc) is 3.12. The Bertz CT molecular complexity index is 695. The van der Waals surface area contributed by atoms with Crippen LogP contribution >= 0.6 is 22.7 Å². The summed E-state index contributed by atoms with van der Waals surface area (Å²) in [6.07, 6.45) is 3.38. The fourth-order valence-electron chi connectivity index (χ4n) is 1.60. The van der Waals surface area contributed by atoms with Crippen molar-refractivity contribution in [2.45, 2.75) is 0 Å². The van der Waals surface area contributed by atoms with Gasteiger partial charge in [0.1, 0.15) is 0 Å². The summed E-state index contributed by atoms with van der Waals surface area (Å²) in [6.45, 7) is 0. The molecule has 0 aliphatic heterocycles. The fourth-order valence-corrected chi connectivity index (χ4v) is 2.67. The Labute approximate surface area is 123 Å². The number of amides is 1. The van der Waals surface area contributed by atoms with E-state index < -0.39 is 0 Å². The highest BCUT2D eigenvalue weighted by molar-refractivity contribution is 7.14. The SMILES string of the molecule is O=C(Nc1nccs1)c1cccc(Nc2nccs2)c1. The molecule has 2 N–H and O–H groups in total. The van der Waals surface area contributed by atoms with Crippen molar-refractivity contribution < 1.29 is 4.79 Å². The number of hydrogen-bond donors (Lipinski definition) is 2. The Morgan fingerprint density at radius 1 is 1.05 bits per heavy atom. The van der Waals surface area contributed by atoms with Gasteiger partial charge in [-0.2, -0.15) is 0 Å². The van der Waals surface area contributed by atoms with Gasteiger partial charge in [-0.25, -0.2) is 9.97 Å². The number of nitrogens with zero attached hydrogens (tertiary/aromatic N) is 2. The number of nitrogens with one attached hydrogen (secondary N) is 2. The van der Waals surface area contributed by atoms with Gasteiger partial charge >= 0.3 is 0 Å². The van der Waals surface area contributed by atoms with E-state index in [1.807, 2.05) is 22.9 Å². The summed E-state index contributed by atoms with van der Waals surface area (Å²) < 4.78 is 0. The van der Waals surface area contributed by atoms with Crippen molar-refractivity contribution in [3.63, 3.8) is 0 Å². The molecule has 5 nitrogen and oxygen atoms in total. The van der Waals surface area contributed by atoms with E-state index in [0.717, 1.165) is 10.8 Å². The lowest BCUT2D eigenvalue weighted by Gasteiger charge is -2.05. The predicted octanol–water partition coefficient (Wildman–Crippen LogP) is 3.60. The van der Waals surface area contributed by atoms with E-state index in [2.05, 4.69) is 20.6 Å². The van der Waals surface area contributed by atoms with Crippen LogP contribution in [0, 0.1) is 0 Å². The molecule has 0 spiro atoms. The number of anilines is 3. The molecule has 0 saturated carbocycles. The number of rotatable bonds is 4. The Hall–Kier alpha value is -2.25. The first-order valence-electron chi connectivity index (χ1n) is 5.79. The van der Waals surface area contributed by atoms with E-state index in [1.165, 1.54) is 22.7 Å². The van der Waals surface area contributed by atoms with Crippen LogP contribution < -0.4 is 10.6 Å². The highest BCUT2D eigenvalue weighted by Crippen LogP contribution is 2.20. The quantitative estimate of drug-likeness (QED) is 0.773. The van der Waals surface area contributed by atoms with Crippen molar-refractivity contribution in [1.82, 2.24) is 9.97 Å². The average molecular weight is 302 g/mol. The highest BCUT2D eigenvalue weighted by Gasteiger charge is 2.08. The van der Waals surface area contributed by atoms with Crippen LogP contribution in [0.5, 0.6) is 0 Å². The lowest BCUT2D eigenvalue weighted by atomic mass is 10.2. The standard InChI is InChI=1S/C13H10N4OS2/c18-11(17-13-15-5-7-20-13)9-2-1-3-10(8-9)16-12-14-4-6-19-12/h1-8H,(H,14,16)(H,15,17,18). The Kier molecular flexibility index (Phi) is 3.71. The minimum Gasteiger partial charge on any atom is -0.332 e. The third-order valence-electron chi connectivity index (χ3n) is 2.46. The molecule has 7 heteroatoms. The molecule has 0 fully saturated rings. The largest absolute Gasteiger partial charge is 0.332 e. The molecule has 3 aromatic rings. The van der Waals surface area contributed by atoms with Crippen LogP contribution in [0.3, 0.4) is 0 Å². The van der Waals surface area contributed by atoms with Crippen LogP contribution in [0.1, 0.15) is 10.4 Å². The van der Waals surface area contributed by atoms with E-state index in [-0.39, 0.29) is 5.91 Å². The van der Waals surface area contributed by atoms with Crippen molar-refractivity contribution in [3.8, 4) is 0 Å². The maximum atomic E-state index is 12.1. The zero-order chi connectivity index (χ0) is 13.8. The molecule has 0 saturated heterocycles. The van der Waals surface area contributed by atoms with Crippen molar-refractivity contribution in [2.75, 3.05) is 10.6 Å². The molecule has 2 heterocycles. The summed E-state index contributed by atoms with van der Waals surface area (Å²) in [5.74, 6) is -0.178. The van der Waals surface area contributed by atoms with Crippen LogP contribution in [-0.2, 0) is 0 Å². The maximum Gasteiger partial charge on any atom is 0.257 e. The van der Waals surface area contributed by atoms with Gasteiger partial charge < -0.3 is 5.32 Å². The van der Waals surface area contributed by atoms with Gasteiger partial charge in [0, 0.05) is 34.4 Å². The Morgan fingerprint density at radius 3 is 2.50 bits per heavy atom. The van der Waals surface area contributed by atoms with E-state index in [4.69, 9.17) is 0 Å². The molecule has 3 rings (SSSR count). The number of benzene rings is 1. The van der Waals surface area contributed by atoms with Gasteiger partial charge in [0.25, 0.3) is 5.91 Å². The molecule has 0 atom stereocenters. The lowest BCUT2D eigenvalue weighted by Crippen LogP contribution is -2.11.